The van der Waals surface area contributed by atoms with Gasteiger partial charge >= 0.3 is 0 Å². The summed E-state index contributed by atoms with van der Waals surface area (Å²) in [5, 5.41) is 0. The fourth-order valence-electron chi connectivity index (χ4n) is 1.82. The minimum atomic E-state index is 0.201. The van der Waals surface area contributed by atoms with Crippen molar-refractivity contribution in [3.05, 3.63) is 12.2 Å². The fraction of sp³-hybridized carbons (Fsp3) is 0.750. The lowest BCUT2D eigenvalue weighted by molar-refractivity contribution is -0.127. The van der Waals surface area contributed by atoms with E-state index in [1.54, 1.807) is 0 Å². The first kappa shape index (κ1) is 12.6. The monoisotopic (exact) mass is 229 g/mol. The van der Waals surface area contributed by atoms with Crippen molar-refractivity contribution in [1.29, 1.82) is 0 Å². The molecule has 1 amide bonds. The Bertz CT molecular complexity index is 267. The number of nitrogens with zero attached hydrogens (tertiary/aromatic N) is 1. The average Bonchev–Trinajstić information content (AvgIpc) is 2.47. The Morgan fingerprint density at radius 1 is 1.60 bits per heavy atom. The summed E-state index contributed by atoms with van der Waals surface area (Å²) in [7, 11) is 0. The Morgan fingerprint density at radius 2 is 2.20 bits per heavy atom. The van der Waals surface area contributed by atoms with Crippen molar-refractivity contribution in [2.45, 2.75) is 27.2 Å². The molecule has 0 N–H and O–H groups in total. The SMILES string of the molecule is C=C(CCl)CN1CC(C(C)(C)C)CC1=O. The average molecular weight is 230 g/mol. The second-order valence-electron chi connectivity index (χ2n) is 5.42. The second-order valence-corrected chi connectivity index (χ2v) is 5.69. The van der Waals surface area contributed by atoms with Crippen LogP contribution in [-0.2, 0) is 4.79 Å². The molecule has 0 aromatic rings. The summed E-state index contributed by atoms with van der Waals surface area (Å²) in [6.07, 6.45) is 0.666. The predicted octanol–water partition coefficient (Wildman–Crippen LogP) is 2.68. The van der Waals surface area contributed by atoms with E-state index in [0.29, 0.717) is 24.8 Å². The van der Waals surface area contributed by atoms with Crippen LogP contribution in [0.5, 0.6) is 0 Å². The van der Waals surface area contributed by atoms with E-state index in [-0.39, 0.29) is 11.3 Å². The minimum absolute atomic E-state index is 0.201. The fourth-order valence-corrected chi connectivity index (χ4v) is 1.90. The summed E-state index contributed by atoms with van der Waals surface area (Å²) in [5.74, 6) is 1.12. The highest BCUT2D eigenvalue weighted by atomic mass is 35.5. The molecule has 86 valence electrons. The molecule has 1 fully saturated rings. The van der Waals surface area contributed by atoms with Gasteiger partial charge in [0.25, 0.3) is 0 Å². The summed E-state index contributed by atoms with van der Waals surface area (Å²) in [5.41, 5.74) is 1.12. The van der Waals surface area contributed by atoms with E-state index in [4.69, 9.17) is 11.6 Å². The summed E-state index contributed by atoms with van der Waals surface area (Å²) in [6, 6.07) is 0. The molecule has 0 aromatic heterocycles. The Labute approximate surface area is 97.3 Å². The first-order chi connectivity index (χ1) is 6.84. The quantitative estimate of drug-likeness (QED) is 0.538. The maximum atomic E-state index is 11.7. The molecule has 1 unspecified atom stereocenters. The third-order valence-corrected chi connectivity index (χ3v) is 3.42. The van der Waals surface area contributed by atoms with Crippen LogP contribution in [0.3, 0.4) is 0 Å². The molecule has 0 bridgehead atoms. The lowest BCUT2D eigenvalue weighted by Gasteiger charge is -2.26. The smallest absolute Gasteiger partial charge is 0.223 e. The van der Waals surface area contributed by atoms with Gasteiger partial charge in [0.05, 0.1) is 0 Å². The molecule has 0 spiro atoms. The zero-order valence-corrected chi connectivity index (χ0v) is 10.6. The van der Waals surface area contributed by atoms with Crippen LogP contribution in [0.4, 0.5) is 0 Å². The van der Waals surface area contributed by atoms with E-state index in [9.17, 15) is 4.79 Å². The molecule has 1 atom stereocenters. The molecule has 15 heavy (non-hydrogen) atoms. The molecular weight excluding hydrogens is 210 g/mol. The largest absolute Gasteiger partial charge is 0.338 e. The van der Waals surface area contributed by atoms with Gasteiger partial charge in [-0.05, 0) is 16.9 Å². The molecule has 1 saturated heterocycles. The summed E-state index contributed by atoms with van der Waals surface area (Å²) in [4.78, 5) is 13.6. The Morgan fingerprint density at radius 3 is 2.60 bits per heavy atom. The van der Waals surface area contributed by atoms with Gasteiger partial charge in [0.2, 0.25) is 5.91 Å². The standard InChI is InChI=1S/C12H20ClNO/c1-9(6-13)7-14-8-10(5-11(14)15)12(2,3)4/h10H,1,5-8H2,2-4H3. The van der Waals surface area contributed by atoms with Gasteiger partial charge in [0.1, 0.15) is 0 Å². The van der Waals surface area contributed by atoms with Gasteiger partial charge in [0, 0.05) is 25.4 Å². The highest BCUT2D eigenvalue weighted by Crippen LogP contribution is 2.34. The first-order valence-electron chi connectivity index (χ1n) is 5.35. The van der Waals surface area contributed by atoms with Crippen LogP contribution in [0, 0.1) is 11.3 Å². The highest BCUT2D eigenvalue weighted by Gasteiger charge is 2.36. The molecule has 0 saturated carbocycles. The van der Waals surface area contributed by atoms with Crippen LogP contribution >= 0.6 is 11.6 Å². The van der Waals surface area contributed by atoms with Crippen molar-refractivity contribution in [1.82, 2.24) is 4.90 Å². The van der Waals surface area contributed by atoms with Gasteiger partial charge < -0.3 is 4.90 Å². The lowest BCUT2D eigenvalue weighted by atomic mass is 9.80. The van der Waals surface area contributed by atoms with E-state index in [1.807, 2.05) is 4.90 Å². The molecule has 1 rings (SSSR count). The highest BCUT2D eigenvalue weighted by molar-refractivity contribution is 6.19. The Hall–Kier alpha value is -0.500. The molecule has 0 aromatic carbocycles. The van der Waals surface area contributed by atoms with Crippen molar-refractivity contribution in [3.8, 4) is 0 Å². The maximum Gasteiger partial charge on any atom is 0.223 e. The molecule has 0 aliphatic carbocycles. The van der Waals surface area contributed by atoms with Crippen LogP contribution in [0.1, 0.15) is 27.2 Å². The zero-order chi connectivity index (χ0) is 11.6. The van der Waals surface area contributed by atoms with E-state index >= 15 is 0 Å². The van der Waals surface area contributed by atoms with Gasteiger partial charge in [-0.15, -0.1) is 11.6 Å². The van der Waals surface area contributed by atoms with Crippen LogP contribution < -0.4 is 0 Å². The maximum absolute atomic E-state index is 11.7. The number of carbonyl (C=O) groups excluding carboxylic acids is 1. The predicted molar refractivity (Wildman–Crippen MR) is 64.0 cm³/mol. The molecular formula is C12H20ClNO. The first-order valence-corrected chi connectivity index (χ1v) is 5.88. The van der Waals surface area contributed by atoms with E-state index in [1.165, 1.54) is 0 Å². The van der Waals surface area contributed by atoms with Gasteiger partial charge in [0.15, 0.2) is 0 Å². The third-order valence-electron chi connectivity index (χ3n) is 3.04. The van der Waals surface area contributed by atoms with Gasteiger partial charge in [-0.3, -0.25) is 4.79 Å². The number of carbonyl (C=O) groups is 1. The molecule has 2 nitrogen and oxygen atoms in total. The number of likely N-dealkylation sites (tertiary alicyclic amines) is 1. The van der Waals surface area contributed by atoms with Gasteiger partial charge in [-0.2, -0.15) is 0 Å². The Balaban J connectivity index is 2.57. The summed E-state index contributed by atoms with van der Waals surface area (Å²) < 4.78 is 0. The van der Waals surface area contributed by atoms with Gasteiger partial charge in [-0.1, -0.05) is 27.4 Å². The van der Waals surface area contributed by atoms with E-state index < -0.39 is 0 Å². The van der Waals surface area contributed by atoms with Crippen LogP contribution in [0.25, 0.3) is 0 Å². The number of halogens is 1. The molecule has 1 aliphatic heterocycles. The van der Waals surface area contributed by atoms with Crippen molar-refractivity contribution < 1.29 is 4.79 Å². The van der Waals surface area contributed by atoms with Crippen LogP contribution in [-0.4, -0.2) is 29.8 Å². The topological polar surface area (TPSA) is 20.3 Å². The van der Waals surface area contributed by atoms with Crippen molar-refractivity contribution in [2.75, 3.05) is 19.0 Å². The summed E-state index contributed by atoms with van der Waals surface area (Å²) in [6.45, 7) is 11.9. The third kappa shape index (κ3) is 3.23. The van der Waals surface area contributed by atoms with E-state index in [2.05, 4.69) is 27.4 Å². The molecule has 0 radical (unpaired) electrons. The van der Waals surface area contributed by atoms with Crippen LogP contribution in [0.15, 0.2) is 12.2 Å². The number of rotatable bonds is 3. The number of hydrogen-bond acceptors (Lipinski definition) is 1. The van der Waals surface area contributed by atoms with Crippen LogP contribution in [0.2, 0.25) is 0 Å². The Kier molecular flexibility index (Phi) is 3.82. The van der Waals surface area contributed by atoms with Crippen molar-refractivity contribution in [3.63, 3.8) is 0 Å². The number of alkyl halides is 1. The minimum Gasteiger partial charge on any atom is -0.338 e. The van der Waals surface area contributed by atoms with Crippen molar-refractivity contribution >= 4 is 17.5 Å². The normalized spacial score (nSPS) is 22.3. The second kappa shape index (κ2) is 4.56. The van der Waals surface area contributed by atoms with Crippen molar-refractivity contribution in [2.24, 2.45) is 11.3 Å². The number of amides is 1. The molecule has 3 heteroatoms. The number of hydrogen-bond donors (Lipinski definition) is 0. The van der Waals surface area contributed by atoms with Gasteiger partial charge in [-0.25, -0.2) is 0 Å². The molecule has 1 aliphatic rings. The summed E-state index contributed by atoms with van der Waals surface area (Å²) >= 11 is 5.67. The lowest BCUT2D eigenvalue weighted by Crippen LogP contribution is -2.29. The zero-order valence-electron chi connectivity index (χ0n) is 9.85. The molecule has 1 heterocycles. The van der Waals surface area contributed by atoms with E-state index in [0.717, 1.165) is 12.1 Å².